The molecule has 0 saturated heterocycles. The molecule has 0 atom stereocenters. The highest BCUT2D eigenvalue weighted by Gasteiger charge is 2.02. The Hall–Kier alpha value is -1.88. The second-order valence-corrected chi connectivity index (χ2v) is 4.11. The summed E-state index contributed by atoms with van der Waals surface area (Å²) in [7, 11) is 0. The Kier molecular flexibility index (Phi) is 1.89. The molecule has 15 heavy (non-hydrogen) atoms. The molecule has 4 nitrogen and oxygen atoms in total. The number of benzene rings is 1. The fourth-order valence-electron chi connectivity index (χ4n) is 1.37. The highest BCUT2D eigenvalue weighted by Crippen LogP contribution is 2.27. The Bertz CT molecular complexity index is 537. The number of rotatable bonds is 2. The standard InChI is InChI=1S/C10H8N4S/c1-2-4-8-7(3-1)12-10(15-8)13-9-5-6-11-14-9/h1-6H,(H2,11,12,13,14). The van der Waals surface area contributed by atoms with Gasteiger partial charge >= 0.3 is 0 Å². The van der Waals surface area contributed by atoms with E-state index in [1.165, 1.54) is 4.70 Å². The van der Waals surface area contributed by atoms with Crippen LogP contribution >= 0.6 is 11.3 Å². The summed E-state index contributed by atoms with van der Waals surface area (Å²) in [5.74, 6) is 0.856. The van der Waals surface area contributed by atoms with Gasteiger partial charge < -0.3 is 5.32 Å². The lowest BCUT2D eigenvalue weighted by Gasteiger charge is -1.94. The Balaban J connectivity index is 1.98. The van der Waals surface area contributed by atoms with Crippen molar-refractivity contribution in [1.29, 1.82) is 0 Å². The molecule has 0 spiro atoms. The first-order valence-electron chi connectivity index (χ1n) is 4.54. The largest absolute Gasteiger partial charge is 0.317 e. The maximum absolute atomic E-state index is 4.45. The van der Waals surface area contributed by atoms with Gasteiger partial charge in [0.15, 0.2) is 5.13 Å². The van der Waals surface area contributed by atoms with Crippen LogP contribution in [0.3, 0.4) is 0 Å². The van der Waals surface area contributed by atoms with E-state index in [2.05, 4.69) is 26.6 Å². The van der Waals surface area contributed by atoms with E-state index in [1.807, 2.05) is 24.3 Å². The Morgan fingerprint density at radius 2 is 2.13 bits per heavy atom. The molecule has 0 unspecified atom stereocenters. The predicted octanol–water partition coefficient (Wildman–Crippen LogP) is 2.76. The number of para-hydroxylation sites is 1. The molecule has 0 aliphatic rings. The second-order valence-electron chi connectivity index (χ2n) is 3.08. The van der Waals surface area contributed by atoms with E-state index in [0.29, 0.717) is 0 Å². The molecule has 2 N–H and O–H groups in total. The molecule has 0 fully saturated rings. The van der Waals surface area contributed by atoms with Crippen LogP contribution in [0.2, 0.25) is 0 Å². The number of aromatic amines is 1. The van der Waals surface area contributed by atoms with Gasteiger partial charge in [-0.3, -0.25) is 5.10 Å². The molecule has 0 radical (unpaired) electrons. The van der Waals surface area contributed by atoms with Gasteiger partial charge in [-0.05, 0) is 12.1 Å². The third-order valence-corrected chi connectivity index (χ3v) is 2.99. The van der Waals surface area contributed by atoms with E-state index in [-0.39, 0.29) is 0 Å². The van der Waals surface area contributed by atoms with E-state index in [4.69, 9.17) is 0 Å². The van der Waals surface area contributed by atoms with Crippen LogP contribution in [0.1, 0.15) is 0 Å². The average Bonchev–Trinajstić information content (AvgIpc) is 2.86. The SMILES string of the molecule is c1ccc2sc(Nc3ccn[nH]3)nc2c1. The minimum absolute atomic E-state index is 0.856. The lowest BCUT2D eigenvalue weighted by molar-refractivity contribution is 1.09. The Morgan fingerprint density at radius 3 is 2.93 bits per heavy atom. The highest BCUT2D eigenvalue weighted by molar-refractivity contribution is 7.22. The van der Waals surface area contributed by atoms with Crippen LogP contribution in [0, 0.1) is 0 Å². The molecule has 0 amide bonds. The van der Waals surface area contributed by atoms with Crippen molar-refractivity contribution in [3.8, 4) is 0 Å². The van der Waals surface area contributed by atoms with E-state index in [1.54, 1.807) is 17.5 Å². The zero-order valence-electron chi connectivity index (χ0n) is 7.77. The van der Waals surface area contributed by atoms with Crippen LogP contribution < -0.4 is 5.32 Å². The van der Waals surface area contributed by atoms with E-state index >= 15 is 0 Å². The first kappa shape index (κ1) is 8.43. The molecular formula is C10H8N4S. The molecule has 3 aromatic rings. The molecular weight excluding hydrogens is 208 g/mol. The van der Waals surface area contributed by atoms with Crippen molar-refractivity contribution in [2.24, 2.45) is 0 Å². The number of nitrogens with zero attached hydrogens (tertiary/aromatic N) is 2. The van der Waals surface area contributed by atoms with Crippen molar-refractivity contribution in [2.75, 3.05) is 5.32 Å². The summed E-state index contributed by atoms with van der Waals surface area (Å²) in [6, 6.07) is 9.93. The van der Waals surface area contributed by atoms with Gasteiger partial charge in [0.1, 0.15) is 5.82 Å². The molecule has 2 aromatic heterocycles. The number of hydrogen-bond acceptors (Lipinski definition) is 4. The van der Waals surface area contributed by atoms with Gasteiger partial charge in [0.25, 0.3) is 0 Å². The van der Waals surface area contributed by atoms with Crippen molar-refractivity contribution in [2.45, 2.75) is 0 Å². The molecule has 0 aliphatic carbocycles. The average molecular weight is 216 g/mol. The first-order valence-corrected chi connectivity index (χ1v) is 5.35. The minimum atomic E-state index is 0.856. The number of nitrogens with one attached hydrogen (secondary N) is 2. The van der Waals surface area contributed by atoms with E-state index in [9.17, 15) is 0 Å². The summed E-state index contributed by atoms with van der Waals surface area (Å²) < 4.78 is 1.18. The second kappa shape index (κ2) is 3.36. The normalized spacial score (nSPS) is 10.7. The zero-order chi connectivity index (χ0) is 10.1. The topological polar surface area (TPSA) is 53.6 Å². The number of H-pyrrole nitrogens is 1. The molecule has 3 rings (SSSR count). The zero-order valence-corrected chi connectivity index (χ0v) is 8.58. The summed E-state index contributed by atoms with van der Waals surface area (Å²) in [6.07, 6.45) is 1.70. The van der Waals surface area contributed by atoms with Crippen LogP contribution in [-0.2, 0) is 0 Å². The van der Waals surface area contributed by atoms with Crippen molar-refractivity contribution in [1.82, 2.24) is 15.2 Å². The number of thiazole rings is 1. The van der Waals surface area contributed by atoms with Crippen LogP contribution in [0.25, 0.3) is 10.2 Å². The van der Waals surface area contributed by atoms with Gasteiger partial charge in [0, 0.05) is 6.07 Å². The number of aromatic nitrogens is 3. The Labute approximate surface area is 90.0 Å². The van der Waals surface area contributed by atoms with Crippen LogP contribution in [0.15, 0.2) is 36.5 Å². The third kappa shape index (κ3) is 1.57. The third-order valence-electron chi connectivity index (χ3n) is 2.04. The minimum Gasteiger partial charge on any atom is -0.317 e. The van der Waals surface area contributed by atoms with Gasteiger partial charge in [0.2, 0.25) is 0 Å². The van der Waals surface area contributed by atoms with Crippen molar-refractivity contribution >= 4 is 32.5 Å². The summed E-state index contributed by atoms with van der Waals surface area (Å²) in [5.41, 5.74) is 1.02. The fourth-order valence-corrected chi connectivity index (χ4v) is 2.24. The molecule has 5 heteroatoms. The quantitative estimate of drug-likeness (QED) is 0.692. The summed E-state index contributed by atoms with van der Waals surface area (Å²) in [6.45, 7) is 0. The monoisotopic (exact) mass is 216 g/mol. The van der Waals surface area contributed by atoms with Gasteiger partial charge in [-0.1, -0.05) is 23.5 Å². The summed E-state index contributed by atoms with van der Waals surface area (Å²) in [5, 5.41) is 10.7. The van der Waals surface area contributed by atoms with Crippen molar-refractivity contribution in [3.63, 3.8) is 0 Å². The van der Waals surface area contributed by atoms with Crippen molar-refractivity contribution in [3.05, 3.63) is 36.5 Å². The lowest BCUT2D eigenvalue weighted by atomic mass is 10.3. The van der Waals surface area contributed by atoms with E-state index < -0.39 is 0 Å². The maximum Gasteiger partial charge on any atom is 0.189 e. The van der Waals surface area contributed by atoms with Crippen molar-refractivity contribution < 1.29 is 0 Å². The molecule has 1 aromatic carbocycles. The van der Waals surface area contributed by atoms with Gasteiger partial charge in [-0.15, -0.1) is 0 Å². The van der Waals surface area contributed by atoms with Gasteiger partial charge in [0.05, 0.1) is 16.4 Å². The van der Waals surface area contributed by atoms with Crippen LogP contribution in [0.5, 0.6) is 0 Å². The summed E-state index contributed by atoms with van der Waals surface area (Å²) in [4.78, 5) is 4.45. The van der Waals surface area contributed by atoms with Crippen LogP contribution in [-0.4, -0.2) is 15.2 Å². The number of anilines is 2. The predicted molar refractivity (Wildman–Crippen MR) is 61.5 cm³/mol. The van der Waals surface area contributed by atoms with Crippen LogP contribution in [0.4, 0.5) is 10.9 Å². The molecule has 2 heterocycles. The Morgan fingerprint density at radius 1 is 1.20 bits per heavy atom. The molecule has 0 saturated carbocycles. The maximum atomic E-state index is 4.45. The fraction of sp³-hybridized carbons (Fsp3) is 0. The van der Waals surface area contributed by atoms with Gasteiger partial charge in [-0.25, -0.2) is 4.98 Å². The van der Waals surface area contributed by atoms with E-state index in [0.717, 1.165) is 16.5 Å². The smallest absolute Gasteiger partial charge is 0.189 e. The number of hydrogen-bond donors (Lipinski definition) is 2. The number of fused-ring (bicyclic) bond motifs is 1. The molecule has 0 bridgehead atoms. The summed E-state index contributed by atoms with van der Waals surface area (Å²) >= 11 is 1.63. The van der Waals surface area contributed by atoms with Gasteiger partial charge in [-0.2, -0.15) is 5.10 Å². The first-order chi connectivity index (χ1) is 7.42. The highest BCUT2D eigenvalue weighted by atomic mass is 32.1. The molecule has 0 aliphatic heterocycles. The lowest BCUT2D eigenvalue weighted by Crippen LogP contribution is -1.88. The molecule has 74 valence electrons.